The zero-order valence-corrected chi connectivity index (χ0v) is 5.47. The molecule has 3 fully saturated rings. The van der Waals surface area contributed by atoms with Gasteiger partial charge in [-0.1, -0.05) is 0 Å². The van der Waals surface area contributed by atoms with Crippen LogP contribution in [0.1, 0.15) is 19.3 Å². The molecule has 0 aromatic heterocycles. The molecular weight excluding hydrogens is 123 g/mol. The molecule has 2 saturated heterocycles. The summed E-state index contributed by atoms with van der Waals surface area (Å²) in [6.07, 6.45) is 3.06. The Labute approximate surface area is 48.4 Å². The van der Waals surface area contributed by atoms with Crippen LogP contribution in [-0.4, -0.2) is 16.2 Å². The topological polar surface area (TPSA) is 37.3 Å². The fourth-order valence-electron chi connectivity index (χ4n) is 1.77. The molecule has 0 radical (unpaired) electrons. The molecule has 1 saturated carbocycles. The first-order valence-electron chi connectivity index (χ1n) is 3.03. The maximum Gasteiger partial charge on any atom is 0.206 e. The highest BCUT2D eigenvalue weighted by Gasteiger charge is 2.55. The van der Waals surface area contributed by atoms with Crippen molar-refractivity contribution >= 4 is 7.37 Å². The minimum Gasteiger partial charge on any atom is -0.344 e. The van der Waals surface area contributed by atoms with Crippen LogP contribution in [0.2, 0.25) is 0 Å². The quantitative estimate of drug-likeness (QED) is 0.502. The first-order valence-corrected chi connectivity index (χ1v) is 4.83. The third kappa shape index (κ3) is 0.371. The lowest BCUT2D eigenvalue weighted by molar-refractivity contribution is 0.433. The fraction of sp³-hybridized carbons (Fsp3) is 1.00. The van der Waals surface area contributed by atoms with Gasteiger partial charge in [0, 0.05) is 11.3 Å². The number of rotatable bonds is 0. The second-order valence-electron chi connectivity index (χ2n) is 2.79. The van der Waals surface area contributed by atoms with Crippen molar-refractivity contribution in [3.8, 4) is 0 Å². The Morgan fingerprint density at radius 3 is 2.00 bits per heavy atom. The Kier molecular flexibility index (Phi) is 0.748. The predicted octanol–water partition coefficient (Wildman–Crippen LogP) is 1.19. The van der Waals surface area contributed by atoms with Gasteiger partial charge in [0.1, 0.15) is 0 Å². The van der Waals surface area contributed by atoms with Gasteiger partial charge in [-0.25, -0.2) is 0 Å². The molecule has 1 aliphatic carbocycles. The van der Waals surface area contributed by atoms with Crippen molar-refractivity contribution in [2.45, 2.75) is 30.6 Å². The van der Waals surface area contributed by atoms with Crippen LogP contribution in [0.5, 0.6) is 0 Å². The van der Waals surface area contributed by atoms with Gasteiger partial charge in [0.05, 0.1) is 0 Å². The molecule has 8 heavy (non-hydrogen) atoms. The average Bonchev–Trinajstić information content (AvgIpc) is 2.18. The van der Waals surface area contributed by atoms with Crippen molar-refractivity contribution in [1.29, 1.82) is 0 Å². The van der Waals surface area contributed by atoms with Gasteiger partial charge in [-0.3, -0.25) is 4.57 Å². The highest BCUT2D eigenvalue weighted by molar-refractivity contribution is 7.61. The molecule has 2 nitrogen and oxygen atoms in total. The van der Waals surface area contributed by atoms with Crippen LogP contribution in [-0.2, 0) is 4.57 Å². The summed E-state index contributed by atoms with van der Waals surface area (Å²) in [5.41, 5.74) is 0.431. The van der Waals surface area contributed by atoms with Crippen molar-refractivity contribution in [2.75, 3.05) is 0 Å². The van der Waals surface area contributed by atoms with Gasteiger partial charge in [-0.05, 0) is 19.3 Å². The van der Waals surface area contributed by atoms with E-state index in [1.54, 1.807) is 0 Å². The standard InChI is InChI=1S/C5H9O2P/c6-8(7)4-1-2-5(8)3-4/h4-5H,1-3H2,(H,6,7). The molecular formula is C5H9O2P. The molecule has 1 N–H and O–H groups in total. The van der Waals surface area contributed by atoms with E-state index in [1.807, 2.05) is 0 Å². The normalized spacial score (nSPS) is 60.6. The fourth-order valence-corrected chi connectivity index (χ4v) is 4.12. The Hall–Kier alpha value is 0.190. The predicted molar refractivity (Wildman–Crippen MR) is 31.3 cm³/mol. The van der Waals surface area contributed by atoms with E-state index in [4.69, 9.17) is 4.89 Å². The van der Waals surface area contributed by atoms with Crippen LogP contribution in [0.25, 0.3) is 0 Å². The minimum absolute atomic E-state index is 0.215. The molecule has 3 aliphatic rings. The molecule has 2 unspecified atom stereocenters. The second kappa shape index (κ2) is 1.19. The lowest BCUT2D eigenvalue weighted by Gasteiger charge is -2.30. The Balaban J connectivity index is 2.35. The van der Waals surface area contributed by atoms with Gasteiger partial charge in [-0.15, -0.1) is 0 Å². The summed E-state index contributed by atoms with van der Waals surface area (Å²) in [7, 11) is -2.54. The van der Waals surface area contributed by atoms with E-state index in [0.717, 1.165) is 19.3 Å². The van der Waals surface area contributed by atoms with E-state index >= 15 is 0 Å². The van der Waals surface area contributed by atoms with Crippen LogP contribution in [0.4, 0.5) is 0 Å². The minimum atomic E-state index is -2.54. The van der Waals surface area contributed by atoms with Crippen molar-refractivity contribution in [3.63, 3.8) is 0 Å². The van der Waals surface area contributed by atoms with Crippen LogP contribution in [0.15, 0.2) is 0 Å². The second-order valence-corrected chi connectivity index (χ2v) is 5.60. The lowest BCUT2D eigenvalue weighted by Crippen LogP contribution is -2.21. The summed E-state index contributed by atoms with van der Waals surface area (Å²) in [6.45, 7) is 0. The molecule has 46 valence electrons. The maximum atomic E-state index is 11.0. The molecule has 2 aliphatic heterocycles. The van der Waals surface area contributed by atoms with Crippen LogP contribution < -0.4 is 0 Å². The van der Waals surface area contributed by atoms with E-state index in [-0.39, 0.29) is 11.3 Å². The third-order valence-electron chi connectivity index (χ3n) is 2.42. The molecule has 0 aromatic carbocycles. The summed E-state index contributed by atoms with van der Waals surface area (Å²) >= 11 is 0. The van der Waals surface area contributed by atoms with E-state index in [1.165, 1.54) is 0 Å². The Morgan fingerprint density at radius 2 is 1.88 bits per heavy atom. The monoisotopic (exact) mass is 132 g/mol. The zero-order valence-electron chi connectivity index (χ0n) is 4.58. The summed E-state index contributed by atoms with van der Waals surface area (Å²) < 4.78 is 11.0. The molecule has 0 spiro atoms. The van der Waals surface area contributed by atoms with Gasteiger partial charge >= 0.3 is 0 Å². The summed E-state index contributed by atoms with van der Waals surface area (Å²) in [5, 5.41) is 0. The van der Waals surface area contributed by atoms with Gasteiger partial charge in [0.15, 0.2) is 0 Å². The van der Waals surface area contributed by atoms with Gasteiger partial charge < -0.3 is 4.89 Å². The van der Waals surface area contributed by atoms with Crippen molar-refractivity contribution in [1.82, 2.24) is 0 Å². The van der Waals surface area contributed by atoms with E-state index < -0.39 is 7.37 Å². The van der Waals surface area contributed by atoms with Gasteiger partial charge in [0.25, 0.3) is 0 Å². The third-order valence-corrected chi connectivity index (χ3v) is 5.45. The van der Waals surface area contributed by atoms with E-state index in [9.17, 15) is 4.57 Å². The molecule has 0 aromatic rings. The van der Waals surface area contributed by atoms with Crippen molar-refractivity contribution < 1.29 is 9.46 Å². The smallest absolute Gasteiger partial charge is 0.206 e. The SMILES string of the molecule is O=P1(O)C2CCC1C2. The summed E-state index contributed by atoms with van der Waals surface area (Å²) in [6, 6.07) is 0. The molecule has 3 rings (SSSR count). The zero-order chi connectivity index (χ0) is 5.78. The number of hydrogen-bond donors (Lipinski definition) is 1. The first kappa shape index (κ1) is 5.01. The Morgan fingerprint density at radius 1 is 1.38 bits per heavy atom. The maximum absolute atomic E-state index is 11.0. The van der Waals surface area contributed by atoms with Gasteiger partial charge in [-0.2, -0.15) is 0 Å². The molecule has 2 bridgehead atoms. The first-order chi connectivity index (χ1) is 3.71. The Bertz CT molecular complexity index is 148. The summed E-state index contributed by atoms with van der Waals surface area (Å²) in [4.78, 5) is 9.07. The van der Waals surface area contributed by atoms with E-state index in [0.29, 0.717) is 0 Å². The largest absolute Gasteiger partial charge is 0.344 e. The van der Waals surface area contributed by atoms with Crippen LogP contribution in [0, 0.1) is 0 Å². The highest BCUT2D eigenvalue weighted by Crippen LogP contribution is 2.71. The highest BCUT2D eigenvalue weighted by atomic mass is 31.2. The molecule has 2 atom stereocenters. The van der Waals surface area contributed by atoms with E-state index in [2.05, 4.69) is 0 Å². The average molecular weight is 132 g/mol. The summed E-state index contributed by atoms with van der Waals surface area (Å²) in [5.74, 6) is 0. The van der Waals surface area contributed by atoms with Crippen LogP contribution in [0.3, 0.4) is 0 Å². The van der Waals surface area contributed by atoms with Crippen molar-refractivity contribution in [2.24, 2.45) is 0 Å². The molecule has 2 heterocycles. The lowest BCUT2D eigenvalue weighted by atomic mass is 10.3. The van der Waals surface area contributed by atoms with Gasteiger partial charge in [0.2, 0.25) is 7.37 Å². The van der Waals surface area contributed by atoms with Crippen molar-refractivity contribution in [3.05, 3.63) is 0 Å². The molecule has 3 heteroatoms. The number of fused-ring (bicyclic) bond motifs is 1. The van der Waals surface area contributed by atoms with Crippen LogP contribution >= 0.6 is 7.37 Å². The number of hydrogen-bond acceptors (Lipinski definition) is 1. The molecule has 0 amide bonds.